The summed E-state index contributed by atoms with van der Waals surface area (Å²) in [6.45, 7) is 4.33. The molecule has 0 saturated heterocycles. The molecule has 0 aliphatic rings. The summed E-state index contributed by atoms with van der Waals surface area (Å²) in [5.41, 5.74) is -0.0540. The van der Waals surface area contributed by atoms with Crippen LogP contribution in [0.5, 0.6) is 0 Å². The van der Waals surface area contributed by atoms with E-state index in [-0.39, 0.29) is 5.69 Å². The SMILES string of the molecule is C=CCN(Cc1cccs1)C(=O)Nc1ccc(F)cc1F. The molecule has 0 spiro atoms. The fraction of sp³-hybridized carbons (Fsp3) is 0.133. The summed E-state index contributed by atoms with van der Waals surface area (Å²) in [5.74, 6) is -1.50. The second-order valence-corrected chi connectivity index (χ2v) is 5.34. The van der Waals surface area contributed by atoms with E-state index in [1.807, 2.05) is 17.5 Å². The molecular formula is C15H14F2N2OS. The molecule has 0 fully saturated rings. The lowest BCUT2D eigenvalue weighted by Crippen LogP contribution is -2.34. The summed E-state index contributed by atoms with van der Waals surface area (Å²) in [7, 11) is 0. The Labute approximate surface area is 125 Å². The highest BCUT2D eigenvalue weighted by Crippen LogP contribution is 2.17. The Morgan fingerprint density at radius 1 is 1.38 bits per heavy atom. The fourth-order valence-electron chi connectivity index (χ4n) is 1.75. The zero-order chi connectivity index (χ0) is 15.2. The van der Waals surface area contributed by atoms with Gasteiger partial charge in [0.15, 0.2) is 0 Å². The first-order valence-corrected chi connectivity index (χ1v) is 7.12. The van der Waals surface area contributed by atoms with Crippen LogP contribution in [0.2, 0.25) is 0 Å². The molecule has 1 aromatic heterocycles. The summed E-state index contributed by atoms with van der Waals surface area (Å²) in [6.07, 6.45) is 1.59. The zero-order valence-corrected chi connectivity index (χ0v) is 12.0. The summed E-state index contributed by atoms with van der Waals surface area (Å²) < 4.78 is 26.4. The van der Waals surface area contributed by atoms with Crippen LogP contribution in [0, 0.1) is 11.6 Å². The standard InChI is InChI=1S/C15H14F2N2OS/c1-2-7-19(10-12-4-3-8-21-12)15(20)18-14-6-5-11(16)9-13(14)17/h2-6,8-9H,1,7,10H2,(H,18,20). The minimum atomic E-state index is -0.807. The van der Waals surface area contributed by atoms with E-state index in [9.17, 15) is 13.6 Å². The van der Waals surface area contributed by atoms with Crippen molar-refractivity contribution in [3.8, 4) is 0 Å². The van der Waals surface area contributed by atoms with Crippen LogP contribution in [0.4, 0.5) is 19.3 Å². The van der Waals surface area contributed by atoms with Crippen molar-refractivity contribution in [2.75, 3.05) is 11.9 Å². The Morgan fingerprint density at radius 3 is 2.81 bits per heavy atom. The molecule has 110 valence electrons. The van der Waals surface area contributed by atoms with Crippen LogP contribution in [0.3, 0.4) is 0 Å². The third-order valence-corrected chi connectivity index (χ3v) is 3.60. The number of thiophene rings is 1. The van der Waals surface area contributed by atoms with Gasteiger partial charge in [-0.05, 0) is 23.6 Å². The predicted molar refractivity (Wildman–Crippen MR) is 80.3 cm³/mol. The first kappa shape index (κ1) is 15.2. The fourth-order valence-corrected chi connectivity index (χ4v) is 2.47. The van der Waals surface area contributed by atoms with Crippen molar-refractivity contribution in [2.45, 2.75) is 6.54 Å². The molecular weight excluding hydrogens is 294 g/mol. The van der Waals surface area contributed by atoms with Crippen molar-refractivity contribution in [3.63, 3.8) is 0 Å². The second-order valence-electron chi connectivity index (χ2n) is 4.30. The van der Waals surface area contributed by atoms with Gasteiger partial charge in [-0.3, -0.25) is 0 Å². The van der Waals surface area contributed by atoms with Gasteiger partial charge in [0.25, 0.3) is 0 Å². The van der Waals surface area contributed by atoms with Crippen molar-refractivity contribution >= 4 is 23.1 Å². The minimum Gasteiger partial charge on any atom is -0.316 e. The van der Waals surface area contributed by atoms with Crippen molar-refractivity contribution in [1.82, 2.24) is 4.90 Å². The molecule has 3 nitrogen and oxygen atoms in total. The number of amides is 2. The van der Waals surface area contributed by atoms with E-state index >= 15 is 0 Å². The van der Waals surface area contributed by atoms with Gasteiger partial charge in [-0.25, -0.2) is 13.6 Å². The van der Waals surface area contributed by atoms with Gasteiger partial charge in [-0.1, -0.05) is 12.1 Å². The molecule has 6 heteroatoms. The second kappa shape index (κ2) is 6.99. The van der Waals surface area contributed by atoms with Gasteiger partial charge in [-0.15, -0.1) is 17.9 Å². The number of urea groups is 1. The lowest BCUT2D eigenvalue weighted by atomic mass is 10.3. The molecule has 0 bridgehead atoms. The van der Waals surface area contributed by atoms with Crippen LogP contribution in [0.1, 0.15) is 4.88 Å². The summed E-state index contributed by atoms with van der Waals surface area (Å²) in [6, 6.07) is 6.35. The largest absolute Gasteiger partial charge is 0.322 e. The maximum absolute atomic E-state index is 13.5. The summed E-state index contributed by atoms with van der Waals surface area (Å²) in [5, 5.41) is 4.35. The van der Waals surface area contributed by atoms with Gasteiger partial charge >= 0.3 is 6.03 Å². The Bertz CT molecular complexity index is 629. The van der Waals surface area contributed by atoms with Crippen molar-refractivity contribution in [3.05, 3.63) is 64.9 Å². The van der Waals surface area contributed by atoms with Crippen LogP contribution in [0.15, 0.2) is 48.4 Å². The van der Waals surface area contributed by atoms with Crippen LogP contribution in [-0.2, 0) is 6.54 Å². The monoisotopic (exact) mass is 308 g/mol. The maximum atomic E-state index is 13.5. The molecule has 1 aromatic carbocycles. The number of nitrogens with one attached hydrogen (secondary N) is 1. The van der Waals surface area contributed by atoms with Gasteiger partial charge in [0.2, 0.25) is 0 Å². The lowest BCUT2D eigenvalue weighted by Gasteiger charge is -2.21. The van der Waals surface area contributed by atoms with E-state index in [1.165, 1.54) is 22.3 Å². The first-order valence-electron chi connectivity index (χ1n) is 6.24. The van der Waals surface area contributed by atoms with Crippen LogP contribution in [-0.4, -0.2) is 17.5 Å². The number of hydrogen-bond acceptors (Lipinski definition) is 2. The van der Waals surface area contributed by atoms with Gasteiger partial charge < -0.3 is 10.2 Å². The molecule has 0 aliphatic heterocycles. The third kappa shape index (κ3) is 4.13. The highest BCUT2D eigenvalue weighted by molar-refractivity contribution is 7.09. The Balaban J connectivity index is 2.09. The average molecular weight is 308 g/mol. The van der Waals surface area contributed by atoms with Gasteiger partial charge in [0, 0.05) is 17.5 Å². The minimum absolute atomic E-state index is 0.0540. The molecule has 1 N–H and O–H groups in total. The number of rotatable bonds is 5. The number of hydrogen-bond donors (Lipinski definition) is 1. The molecule has 0 radical (unpaired) electrons. The highest BCUT2D eigenvalue weighted by atomic mass is 32.1. The van der Waals surface area contributed by atoms with Gasteiger partial charge in [0.05, 0.1) is 12.2 Å². The van der Waals surface area contributed by atoms with Crippen molar-refractivity contribution < 1.29 is 13.6 Å². The average Bonchev–Trinajstić information content (AvgIpc) is 2.94. The van der Waals surface area contributed by atoms with E-state index in [0.29, 0.717) is 13.1 Å². The lowest BCUT2D eigenvalue weighted by molar-refractivity contribution is 0.215. The third-order valence-electron chi connectivity index (χ3n) is 2.74. The number of halogens is 2. The van der Waals surface area contributed by atoms with Gasteiger partial charge in [-0.2, -0.15) is 0 Å². The molecule has 0 aliphatic carbocycles. The van der Waals surface area contributed by atoms with Gasteiger partial charge in [0.1, 0.15) is 11.6 Å². The molecule has 0 atom stereocenters. The van der Waals surface area contributed by atoms with Crippen LogP contribution >= 0.6 is 11.3 Å². The molecule has 0 unspecified atom stereocenters. The maximum Gasteiger partial charge on any atom is 0.322 e. The molecule has 2 aromatic rings. The van der Waals surface area contributed by atoms with Crippen molar-refractivity contribution in [1.29, 1.82) is 0 Å². The molecule has 2 amide bonds. The summed E-state index contributed by atoms with van der Waals surface area (Å²) in [4.78, 5) is 14.7. The van der Waals surface area contributed by atoms with Crippen LogP contribution < -0.4 is 5.32 Å². The highest BCUT2D eigenvalue weighted by Gasteiger charge is 2.15. The number of benzene rings is 1. The zero-order valence-electron chi connectivity index (χ0n) is 11.2. The van der Waals surface area contributed by atoms with E-state index in [1.54, 1.807) is 6.08 Å². The number of carbonyl (C=O) groups excluding carboxylic acids is 1. The smallest absolute Gasteiger partial charge is 0.316 e. The summed E-state index contributed by atoms with van der Waals surface area (Å²) >= 11 is 1.53. The van der Waals surface area contributed by atoms with E-state index in [4.69, 9.17) is 0 Å². The molecule has 21 heavy (non-hydrogen) atoms. The Hall–Kier alpha value is -2.21. The quantitative estimate of drug-likeness (QED) is 0.823. The topological polar surface area (TPSA) is 32.3 Å². The number of nitrogens with zero attached hydrogens (tertiary/aromatic N) is 1. The molecule has 2 rings (SSSR count). The molecule has 0 saturated carbocycles. The van der Waals surface area contributed by atoms with E-state index < -0.39 is 17.7 Å². The van der Waals surface area contributed by atoms with Crippen LogP contribution in [0.25, 0.3) is 0 Å². The normalized spacial score (nSPS) is 10.2. The Morgan fingerprint density at radius 2 is 2.19 bits per heavy atom. The van der Waals surface area contributed by atoms with Crippen molar-refractivity contribution in [2.24, 2.45) is 0 Å². The Kier molecular flexibility index (Phi) is 5.05. The molecule has 1 heterocycles. The first-order chi connectivity index (χ1) is 10.1. The number of anilines is 1. The van der Waals surface area contributed by atoms with E-state index in [0.717, 1.165) is 17.0 Å². The number of carbonyl (C=O) groups is 1. The predicted octanol–water partition coefficient (Wildman–Crippen LogP) is 4.25. The van der Waals surface area contributed by atoms with E-state index in [2.05, 4.69) is 11.9 Å².